The van der Waals surface area contributed by atoms with E-state index in [0.717, 1.165) is 16.9 Å². The van der Waals surface area contributed by atoms with Crippen molar-refractivity contribution in [2.75, 3.05) is 20.8 Å². The molecule has 0 saturated heterocycles. The van der Waals surface area contributed by atoms with Crippen molar-refractivity contribution in [3.05, 3.63) is 70.5 Å². The number of carbonyl (C=O) groups excluding carboxylic acids is 1. The van der Waals surface area contributed by atoms with Gasteiger partial charge in [0.2, 0.25) is 5.91 Å². The number of aryl methyl sites for hydroxylation is 1. The van der Waals surface area contributed by atoms with E-state index < -0.39 is 0 Å². The number of ether oxygens (including phenoxy) is 3. The minimum Gasteiger partial charge on any atom is -0.494 e. The van der Waals surface area contributed by atoms with Gasteiger partial charge in [0.1, 0.15) is 5.75 Å². The van der Waals surface area contributed by atoms with E-state index >= 15 is 0 Å². The van der Waals surface area contributed by atoms with Crippen LogP contribution in [0, 0.1) is 0 Å². The average Bonchev–Trinajstić information content (AvgIpc) is 2.82. The lowest BCUT2D eigenvalue weighted by molar-refractivity contribution is -0.121. The van der Waals surface area contributed by atoms with Gasteiger partial charge < -0.3 is 19.5 Å². The molecule has 8 nitrogen and oxygen atoms in total. The van der Waals surface area contributed by atoms with Crippen molar-refractivity contribution >= 4 is 5.91 Å². The molecule has 2 aromatic carbocycles. The molecule has 0 aliphatic carbocycles. The zero-order valence-electron chi connectivity index (χ0n) is 18.5. The molecule has 3 rings (SSSR count). The monoisotopic (exact) mass is 437 g/mol. The number of nitrogens with one attached hydrogen (secondary N) is 1. The fraction of sp³-hybridized carbons (Fsp3) is 0.292. The first-order chi connectivity index (χ1) is 15.5. The Balaban J connectivity index is 1.59. The zero-order valence-corrected chi connectivity index (χ0v) is 18.5. The summed E-state index contributed by atoms with van der Waals surface area (Å²) in [5, 5.41) is 7.25. The number of hydrogen-bond donors (Lipinski definition) is 1. The van der Waals surface area contributed by atoms with Gasteiger partial charge in [-0.05, 0) is 55.0 Å². The molecule has 32 heavy (non-hydrogen) atoms. The van der Waals surface area contributed by atoms with Crippen LogP contribution in [0.15, 0.2) is 59.4 Å². The van der Waals surface area contributed by atoms with Crippen LogP contribution in [0.25, 0.3) is 11.3 Å². The fourth-order valence-corrected chi connectivity index (χ4v) is 3.14. The molecule has 0 bridgehead atoms. The highest BCUT2D eigenvalue weighted by Crippen LogP contribution is 2.27. The van der Waals surface area contributed by atoms with E-state index in [-0.39, 0.29) is 24.4 Å². The predicted molar refractivity (Wildman–Crippen MR) is 121 cm³/mol. The molecule has 1 N–H and O–H groups in total. The number of amides is 1. The third-order valence-corrected chi connectivity index (χ3v) is 4.82. The molecule has 8 heteroatoms. The average molecular weight is 437 g/mol. The number of nitrogens with zero attached hydrogens (tertiary/aromatic N) is 2. The number of methoxy groups -OCH3 is 2. The van der Waals surface area contributed by atoms with Crippen LogP contribution in [0.1, 0.15) is 18.9 Å². The molecule has 0 atom stereocenters. The van der Waals surface area contributed by atoms with E-state index in [1.54, 1.807) is 26.4 Å². The summed E-state index contributed by atoms with van der Waals surface area (Å²) in [7, 11) is 3.13. The van der Waals surface area contributed by atoms with E-state index in [9.17, 15) is 9.59 Å². The molecule has 0 saturated carbocycles. The van der Waals surface area contributed by atoms with E-state index in [1.807, 2.05) is 43.3 Å². The van der Waals surface area contributed by atoms with Gasteiger partial charge in [-0.25, -0.2) is 4.68 Å². The predicted octanol–water partition coefficient (Wildman–Crippen LogP) is 3.03. The Morgan fingerprint density at radius 2 is 1.75 bits per heavy atom. The highest BCUT2D eigenvalue weighted by Gasteiger charge is 2.09. The first kappa shape index (κ1) is 22.9. The summed E-state index contributed by atoms with van der Waals surface area (Å²) in [4.78, 5) is 24.5. The van der Waals surface area contributed by atoms with E-state index in [2.05, 4.69) is 10.4 Å². The number of rotatable bonds is 10. The second-order valence-corrected chi connectivity index (χ2v) is 6.95. The molecular weight excluding hydrogens is 410 g/mol. The Morgan fingerprint density at radius 3 is 2.44 bits per heavy atom. The topological polar surface area (TPSA) is 91.7 Å². The molecule has 1 aromatic heterocycles. The van der Waals surface area contributed by atoms with E-state index in [0.29, 0.717) is 30.3 Å². The molecule has 0 unspecified atom stereocenters. The minimum absolute atomic E-state index is 0.132. The van der Waals surface area contributed by atoms with Crippen LogP contribution in [0.5, 0.6) is 17.2 Å². The lowest BCUT2D eigenvalue weighted by atomic mass is 10.1. The van der Waals surface area contributed by atoms with Crippen LogP contribution >= 0.6 is 0 Å². The maximum Gasteiger partial charge on any atom is 0.266 e. The normalized spacial score (nSPS) is 10.5. The van der Waals surface area contributed by atoms with Gasteiger partial charge in [0.15, 0.2) is 11.5 Å². The quantitative estimate of drug-likeness (QED) is 0.524. The number of hydrogen-bond acceptors (Lipinski definition) is 6. The summed E-state index contributed by atoms with van der Waals surface area (Å²) in [5.74, 6) is 1.82. The van der Waals surface area contributed by atoms with Gasteiger partial charge in [-0.3, -0.25) is 9.59 Å². The maximum atomic E-state index is 12.3. The minimum atomic E-state index is -0.257. The number of carbonyl (C=O) groups is 1. The zero-order chi connectivity index (χ0) is 22.9. The first-order valence-electron chi connectivity index (χ1n) is 10.3. The largest absolute Gasteiger partial charge is 0.494 e. The smallest absolute Gasteiger partial charge is 0.266 e. The molecule has 0 spiro atoms. The fourth-order valence-electron chi connectivity index (χ4n) is 3.14. The van der Waals surface area contributed by atoms with Gasteiger partial charge in [-0.15, -0.1) is 0 Å². The van der Waals surface area contributed by atoms with Crippen molar-refractivity contribution in [2.45, 2.75) is 26.4 Å². The Morgan fingerprint density at radius 1 is 1.00 bits per heavy atom. The van der Waals surface area contributed by atoms with Gasteiger partial charge in [-0.1, -0.05) is 6.07 Å². The second kappa shape index (κ2) is 11.0. The Hall–Kier alpha value is -3.81. The van der Waals surface area contributed by atoms with Crippen molar-refractivity contribution in [1.82, 2.24) is 15.1 Å². The van der Waals surface area contributed by atoms with E-state index in [1.165, 1.54) is 10.7 Å². The van der Waals surface area contributed by atoms with Crippen molar-refractivity contribution in [3.8, 4) is 28.5 Å². The third kappa shape index (κ3) is 5.87. The molecule has 1 heterocycles. The highest BCUT2D eigenvalue weighted by molar-refractivity contribution is 5.75. The Kier molecular flexibility index (Phi) is 7.85. The van der Waals surface area contributed by atoms with Crippen LogP contribution in [0.3, 0.4) is 0 Å². The first-order valence-corrected chi connectivity index (χ1v) is 10.3. The molecule has 0 radical (unpaired) electrons. The molecular formula is C24H27N3O5. The van der Waals surface area contributed by atoms with Crippen LogP contribution in [0.4, 0.5) is 0 Å². The van der Waals surface area contributed by atoms with Crippen LogP contribution in [0.2, 0.25) is 0 Å². The van der Waals surface area contributed by atoms with Gasteiger partial charge in [-0.2, -0.15) is 5.10 Å². The van der Waals surface area contributed by atoms with E-state index in [4.69, 9.17) is 14.2 Å². The van der Waals surface area contributed by atoms with Crippen LogP contribution < -0.4 is 25.1 Å². The second-order valence-electron chi connectivity index (χ2n) is 6.95. The molecule has 1 amide bonds. The summed E-state index contributed by atoms with van der Waals surface area (Å²) in [6.45, 7) is 3.04. The summed E-state index contributed by atoms with van der Waals surface area (Å²) in [6.07, 6.45) is 0.132. The molecule has 168 valence electrons. The maximum absolute atomic E-state index is 12.3. The SMILES string of the molecule is CCOc1ccc(-c2ccc(=O)n(CCC(=O)NCc3ccc(OC)c(OC)c3)n2)cc1. The van der Waals surface area contributed by atoms with Gasteiger partial charge in [0.25, 0.3) is 5.56 Å². The standard InChI is InChI=1S/C24H27N3O5/c1-4-32-19-8-6-18(7-9-19)20-10-12-24(29)27(26-20)14-13-23(28)25-16-17-5-11-21(30-2)22(15-17)31-3/h5-12,15H,4,13-14,16H2,1-3H3,(H,25,28). The lowest BCUT2D eigenvalue weighted by Gasteiger charge is -2.11. The number of aromatic nitrogens is 2. The summed E-state index contributed by atoms with van der Waals surface area (Å²) >= 11 is 0. The molecule has 3 aromatic rings. The summed E-state index contributed by atoms with van der Waals surface area (Å²) < 4.78 is 17.3. The molecule has 0 aliphatic heterocycles. The Bertz CT molecular complexity index is 1110. The third-order valence-electron chi connectivity index (χ3n) is 4.82. The lowest BCUT2D eigenvalue weighted by Crippen LogP contribution is -2.28. The Labute approximate surface area is 186 Å². The van der Waals surface area contributed by atoms with Crippen molar-refractivity contribution in [2.24, 2.45) is 0 Å². The number of benzene rings is 2. The highest BCUT2D eigenvalue weighted by atomic mass is 16.5. The van der Waals surface area contributed by atoms with Crippen molar-refractivity contribution < 1.29 is 19.0 Å². The van der Waals surface area contributed by atoms with Crippen molar-refractivity contribution in [3.63, 3.8) is 0 Å². The molecule has 0 aliphatic rings. The van der Waals surface area contributed by atoms with Crippen molar-refractivity contribution in [1.29, 1.82) is 0 Å². The summed E-state index contributed by atoms with van der Waals surface area (Å²) in [6, 6.07) is 16.1. The molecule has 0 fully saturated rings. The van der Waals surface area contributed by atoms with Gasteiger partial charge in [0.05, 0.1) is 33.1 Å². The van der Waals surface area contributed by atoms with Gasteiger partial charge >= 0.3 is 0 Å². The van der Waals surface area contributed by atoms with Crippen LogP contribution in [-0.4, -0.2) is 36.5 Å². The van der Waals surface area contributed by atoms with Crippen LogP contribution in [-0.2, 0) is 17.9 Å². The van der Waals surface area contributed by atoms with Gasteiger partial charge in [0, 0.05) is 24.6 Å². The summed E-state index contributed by atoms with van der Waals surface area (Å²) in [5.41, 5.74) is 2.13.